The average Bonchev–Trinajstić information content (AvgIpc) is 3.56. The Kier molecular flexibility index (Phi) is 5.87. The Hall–Kier alpha value is -4.53. The summed E-state index contributed by atoms with van der Waals surface area (Å²) >= 11 is 7.42. The molecule has 0 bridgehead atoms. The molecule has 0 saturated carbocycles. The SMILES string of the molecule is O=c1/c(=C\c2ccc(-c3cccc(Cl)c3)o2)sc2n1[C@@H](c1cccc([N+](=O)[O-])c1)C1=C(N=2)c2ccccc2CC1. The number of nitro benzene ring substituents is 1. The van der Waals surface area contributed by atoms with Crippen LogP contribution in [-0.4, -0.2) is 9.49 Å². The maximum absolute atomic E-state index is 13.9. The minimum atomic E-state index is -0.500. The summed E-state index contributed by atoms with van der Waals surface area (Å²) in [6, 6.07) is 25.2. The molecule has 0 unspecified atom stereocenters. The van der Waals surface area contributed by atoms with Crippen molar-refractivity contribution in [1.82, 2.24) is 4.57 Å². The molecule has 0 saturated heterocycles. The van der Waals surface area contributed by atoms with Crippen LogP contribution in [0.4, 0.5) is 5.69 Å². The number of benzene rings is 3. The lowest BCUT2D eigenvalue weighted by atomic mass is 9.83. The van der Waals surface area contributed by atoms with Crippen LogP contribution in [0.2, 0.25) is 5.02 Å². The summed E-state index contributed by atoms with van der Waals surface area (Å²) in [7, 11) is 0. The number of hydrogen-bond acceptors (Lipinski definition) is 6. The molecule has 0 N–H and O–H groups in total. The summed E-state index contributed by atoms with van der Waals surface area (Å²) in [6.07, 6.45) is 3.23. The van der Waals surface area contributed by atoms with E-state index in [0.717, 1.165) is 28.8 Å². The molecule has 3 heterocycles. The Morgan fingerprint density at radius 3 is 2.73 bits per heavy atom. The number of halogens is 1. The third-order valence-electron chi connectivity index (χ3n) is 7.28. The molecule has 1 aliphatic heterocycles. The lowest BCUT2D eigenvalue weighted by Gasteiger charge is -2.30. The van der Waals surface area contributed by atoms with E-state index in [2.05, 4.69) is 6.07 Å². The van der Waals surface area contributed by atoms with Gasteiger partial charge in [-0.2, -0.15) is 0 Å². The number of nitro groups is 1. The molecule has 0 amide bonds. The monoisotopic (exact) mass is 565 g/mol. The molecule has 1 atom stereocenters. The third-order valence-corrected chi connectivity index (χ3v) is 8.50. The first-order valence-corrected chi connectivity index (χ1v) is 13.9. The molecular formula is C31H20ClN3O4S. The molecular weight excluding hydrogens is 546 g/mol. The van der Waals surface area contributed by atoms with Gasteiger partial charge in [0.25, 0.3) is 11.2 Å². The van der Waals surface area contributed by atoms with Crippen LogP contribution in [0.25, 0.3) is 23.1 Å². The van der Waals surface area contributed by atoms with Gasteiger partial charge in [0.15, 0.2) is 4.80 Å². The summed E-state index contributed by atoms with van der Waals surface area (Å²) in [6.45, 7) is 0. The molecule has 0 spiro atoms. The van der Waals surface area contributed by atoms with Crippen molar-refractivity contribution in [2.75, 3.05) is 0 Å². The van der Waals surface area contributed by atoms with Gasteiger partial charge in [-0.1, -0.05) is 71.5 Å². The van der Waals surface area contributed by atoms with Gasteiger partial charge in [0.1, 0.15) is 11.5 Å². The topological polar surface area (TPSA) is 90.6 Å². The normalized spacial score (nSPS) is 16.2. The zero-order chi connectivity index (χ0) is 27.4. The van der Waals surface area contributed by atoms with Crippen LogP contribution in [0.1, 0.15) is 34.9 Å². The van der Waals surface area contributed by atoms with Gasteiger partial charge in [-0.15, -0.1) is 0 Å². The number of furan rings is 1. The second-order valence-corrected chi connectivity index (χ2v) is 11.1. The lowest BCUT2D eigenvalue weighted by Crippen LogP contribution is -2.38. The zero-order valence-electron chi connectivity index (χ0n) is 20.9. The van der Waals surface area contributed by atoms with Gasteiger partial charge in [-0.25, -0.2) is 4.99 Å². The van der Waals surface area contributed by atoms with Crippen molar-refractivity contribution in [3.8, 4) is 11.3 Å². The first kappa shape index (κ1) is 24.5. The standard InChI is InChI=1S/C31H20ClN3O4S/c32-21-8-3-6-19(15-21)26-14-12-23(39-26)17-27-30(36)34-29(20-7-4-9-22(16-20)35(37)38)25-13-11-18-5-1-2-10-24(18)28(25)33-31(34)40-27/h1-10,12,14-17,29H,11,13H2/b27-17+/t29-/m0/s1. The quantitative estimate of drug-likeness (QED) is 0.193. The molecule has 2 aromatic heterocycles. The van der Waals surface area contributed by atoms with E-state index in [1.807, 2.05) is 54.6 Å². The van der Waals surface area contributed by atoms with Crippen molar-refractivity contribution in [3.63, 3.8) is 0 Å². The fourth-order valence-corrected chi connectivity index (χ4v) is 6.66. The van der Waals surface area contributed by atoms with Crippen LogP contribution >= 0.6 is 22.9 Å². The molecule has 7 rings (SSSR count). The average molecular weight is 566 g/mol. The Bertz CT molecular complexity index is 2050. The fourth-order valence-electron chi connectivity index (χ4n) is 5.49. The van der Waals surface area contributed by atoms with E-state index in [1.54, 1.807) is 28.8 Å². The number of non-ortho nitro benzene ring substituents is 1. The van der Waals surface area contributed by atoms with Crippen molar-refractivity contribution in [3.05, 3.63) is 148 Å². The molecule has 9 heteroatoms. The van der Waals surface area contributed by atoms with Gasteiger partial charge in [-0.3, -0.25) is 19.5 Å². The van der Waals surface area contributed by atoms with Gasteiger partial charge in [0, 0.05) is 34.4 Å². The van der Waals surface area contributed by atoms with Gasteiger partial charge < -0.3 is 4.42 Å². The number of allylic oxidation sites excluding steroid dienone is 1. The molecule has 7 nitrogen and oxygen atoms in total. The Balaban J connectivity index is 1.41. The van der Waals surface area contributed by atoms with Crippen molar-refractivity contribution >= 4 is 40.4 Å². The van der Waals surface area contributed by atoms with Crippen LogP contribution in [0.15, 0.2) is 105 Å². The second-order valence-electron chi connectivity index (χ2n) is 9.68. The summed E-state index contributed by atoms with van der Waals surface area (Å²) in [5, 5.41) is 12.2. The number of hydrogen-bond donors (Lipinski definition) is 0. The van der Waals surface area contributed by atoms with Crippen LogP contribution < -0.4 is 14.9 Å². The van der Waals surface area contributed by atoms with E-state index in [1.165, 1.54) is 23.0 Å². The fraction of sp³-hybridized carbons (Fsp3) is 0.0968. The Morgan fingerprint density at radius 1 is 1.02 bits per heavy atom. The molecule has 5 aromatic rings. The zero-order valence-corrected chi connectivity index (χ0v) is 22.5. The van der Waals surface area contributed by atoms with Crippen molar-refractivity contribution < 1.29 is 9.34 Å². The van der Waals surface area contributed by atoms with Crippen LogP contribution in [0.3, 0.4) is 0 Å². The number of aryl methyl sites for hydroxylation is 1. The minimum Gasteiger partial charge on any atom is -0.457 e. The molecule has 3 aromatic carbocycles. The highest BCUT2D eigenvalue weighted by Gasteiger charge is 2.33. The molecule has 0 radical (unpaired) electrons. The van der Waals surface area contributed by atoms with Crippen LogP contribution in [0, 0.1) is 10.1 Å². The van der Waals surface area contributed by atoms with Crippen molar-refractivity contribution in [1.29, 1.82) is 0 Å². The second kappa shape index (κ2) is 9.59. The molecule has 0 fully saturated rings. The first-order chi connectivity index (χ1) is 19.5. The first-order valence-electron chi connectivity index (χ1n) is 12.7. The number of fused-ring (bicyclic) bond motifs is 3. The summed E-state index contributed by atoms with van der Waals surface area (Å²) in [4.78, 5) is 30.7. The summed E-state index contributed by atoms with van der Waals surface area (Å²) < 4.78 is 8.18. The van der Waals surface area contributed by atoms with Gasteiger partial charge >= 0.3 is 0 Å². The summed E-state index contributed by atoms with van der Waals surface area (Å²) in [5.41, 5.74) is 5.35. The van der Waals surface area contributed by atoms with E-state index in [9.17, 15) is 14.9 Å². The maximum Gasteiger partial charge on any atom is 0.271 e. The van der Waals surface area contributed by atoms with Gasteiger partial charge in [0.05, 0.1) is 21.2 Å². The molecule has 40 heavy (non-hydrogen) atoms. The highest BCUT2D eigenvalue weighted by Crippen LogP contribution is 2.41. The predicted molar refractivity (Wildman–Crippen MR) is 155 cm³/mol. The van der Waals surface area contributed by atoms with Crippen LogP contribution in [-0.2, 0) is 6.42 Å². The van der Waals surface area contributed by atoms with Gasteiger partial charge in [0.2, 0.25) is 0 Å². The van der Waals surface area contributed by atoms with Crippen molar-refractivity contribution in [2.45, 2.75) is 18.9 Å². The van der Waals surface area contributed by atoms with Crippen molar-refractivity contribution in [2.24, 2.45) is 4.99 Å². The minimum absolute atomic E-state index is 0.0147. The van der Waals surface area contributed by atoms with Gasteiger partial charge in [-0.05, 0) is 53.8 Å². The Morgan fingerprint density at radius 2 is 1.88 bits per heavy atom. The molecule has 196 valence electrons. The van der Waals surface area contributed by atoms with E-state index in [4.69, 9.17) is 21.0 Å². The van der Waals surface area contributed by atoms with E-state index < -0.39 is 11.0 Å². The van der Waals surface area contributed by atoms with E-state index in [-0.39, 0.29) is 11.2 Å². The number of nitrogens with zero attached hydrogens (tertiary/aromatic N) is 3. The highest BCUT2D eigenvalue weighted by molar-refractivity contribution is 7.07. The largest absolute Gasteiger partial charge is 0.457 e. The van der Waals surface area contributed by atoms with Crippen LogP contribution in [0.5, 0.6) is 0 Å². The third kappa shape index (κ3) is 4.13. The van der Waals surface area contributed by atoms with E-state index >= 15 is 0 Å². The highest BCUT2D eigenvalue weighted by atomic mass is 35.5. The summed E-state index contributed by atoms with van der Waals surface area (Å²) in [5.74, 6) is 1.17. The number of thiazole rings is 1. The Labute approximate surface area is 236 Å². The molecule has 2 aliphatic rings. The number of rotatable bonds is 4. The smallest absolute Gasteiger partial charge is 0.271 e. The number of aromatic nitrogens is 1. The predicted octanol–water partition coefficient (Wildman–Crippen LogP) is 6.14. The lowest BCUT2D eigenvalue weighted by molar-refractivity contribution is -0.384. The maximum atomic E-state index is 13.9. The van der Waals surface area contributed by atoms with E-state index in [0.29, 0.717) is 37.9 Å². The molecule has 1 aliphatic carbocycles.